The molecule has 3 N–H and O–H groups in total. The van der Waals surface area contributed by atoms with Gasteiger partial charge in [0.15, 0.2) is 5.78 Å². The van der Waals surface area contributed by atoms with E-state index in [0.717, 1.165) is 0 Å². The van der Waals surface area contributed by atoms with E-state index in [2.05, 4.69) is 5.32 Å². The highest BCUT2D eigenvalue weighted by molar-refractivity contribution is 6.42. The van der Waals surface area contributed by atoms with Crippen LogP contribution in [-0.4, -0.2) is 28.8 Å². The first-order valence-electron chi connectivity index (χ1n) is 7.96. The van der Waals surface area contributed by atoms with Crippen LogP contribution in [0.4, 0.5) is 18.0 Å². The number of halogens is 5. The second kappa shape index (κ2) is 7.27. The first-order valence-corrected chi connectivity index (χ1v) is 8.72. The Kier molecular flexibility index (Phi) is 5.31. The van der Waals surface area contributed by atoms with E-state index in [-0.39, 0.29) is 21.2 Å². The van der Waals surface area contributed by atoms with Gasteiger partial charge in [-0.25, -0.2) is 4.79 Å². The average molecular weight is 433 g/mol. The number of aliphatic hydroxyl groups is 1. The van der Waals surface area contributed by atoms with Gasteiger partial charge >= 0.3 is 12.2 Å². The molecule has 0 aromatic heterocycles. The van der Waals surface area contributed by atoms with Crippen LogP contribution in [0.15, 0.2) is 48.5 Å². The second-order valence-electron chi connectivity index (χ2n) is 6.22. The van der Waals surface area contributed by atoms with Crippen molar-refractivity contribution in [2.24, 2.45) is 5.92 Å². The standard InChI is InChI=1S/C18H13Cl2F3N2O3/c19-11-7-6-10(8-12(11)20)14-13(15(26)9-4-2-1-3-5-9)17(28,18(21,22)23)25-16(27)24-14/h1-8,13-14,28H,(H2,24,25,27)/t13-,14+,17+/m1/s1. The number of benzene rings is 2. The predicted octanol–water partition coefficient (Wildman–Crippen LogP) is 4.10. The van der Waals surface area contributed by atoms with Crippen molar-refractivity contribution in [2.45, 2.75) is 17.9 Å². The minimum atomic E-state index is -5.33. The molecule has 1 heterocycles. The Labute approximate surface area is 167 Å². The third-order valence-electron chi connectivity index (χ3n) is 4.45. The van der Waals surface area contributed by atoms with Gasteiger partial charge in [0, 0.05) is 5.56 Å². The summed E-state index contributed by atoms with van der Waals surface area (Å²) in [6, 6.07) is 8.27. The Morgan fingerprint density at radius 3 is 2.29 bits per heavy atom. The molecule has 3 rings (SSSR count). The van der Waals surface area contributed by atoms with Crippen molar-refractivity contribution in [3.05, 3.63) is 69.7 Å². The zero-order valence-electron chi connectivity index (χ0n) is 13.9. The monoisotopic (exact) mass is 432 g/mol. The first-order chi connectivity index (χ1) is 13.0. The molecule has 10 heteroatoms. The van der Waals surface area contributed by atoms with Crippen LogP contribution in [0.25, 0.3) is 0 Å². The quantitative estimate of drug-likeness (QED) is 0.638. The summed E-state index contributed by atoms with van der Waals surface area (Å²) in [5.74, 6) is -3.13. The Hall–Kier alpha value is -2.29. The molecule has 3 atom stereocenters. The van der Waals surface area contributed by atoms with Gasteiger partial charge in [0.05, 0.1) is 16.1 Å². The van der Waals surface area contributed by atoms with Crippen LogP contribution in [0.5, 0.6) is 0 Å². The number of nitrogens with one attached hydrogen (secondary N) is 2. The van der Waals surface area contributed by atoms with Gasteiger partial charge in [-0.2, -0.15) is 13.2 Å². The van der Waals surface area contributed by atoms with E-state index in [0.29, 0.717) is 0 Å². The fourth-order valence-corrected chi connectivity index (χ4v) is 3.41. The number of carbonyl (C=O) groups is 2. The van der Waals surface area contributed by atoms with Crippen molar-refractivity contribution in [1.29, 1.82) is 0 Å². The Morgan fingerprint density at radius 2 is 1.71 bits per heavy atom. The summed E-state index contributed by atoms with van der Waals surface area (Å²) < 4.78 is 41.3. The van der Waals surface area contributed by atoms with Gasteiger partial charge in [-0.3, -0.25) is 4.79 Å². The summed E-state index contributed by atoms with van der Waals surface area (Å²) in [7, 11) is 0. The number of rotatable bonds is 3. The van der Waals surface area contributed by atoms with Crippen molar-refractivity contribution in [1.82, 2.24) is 10.6 Å². The molecule has 28 heavy (non-hydrogen) atoms. The second-order valence-corrected chi connectivity index (χ2v) is 7.04. The molecular formula is C18H13Cl2F3N2O3. The molecule has 1 aliphatic rings. The molecule has 1 fully saturated rings. The van der Waals surface area contributed by atoms with Crippen molar-refractivity contribution >= 4 is 35.0 Å². The van der Waals surface area contributed by atoms with E-state index in [1.54, 1.807) is 6.07 Å². The molecule has 148 valence electrons. The SMILES string of the molecule is O=C1N[C@@H](c2ccc(Cl)c(Cl)c2)[C@H](C(=O)c2ccccc2)[C@](O)(C(F)(F)F)N1. The van der Waals surface area contributed by atoms with Crippen LogP contribution < -0.4 is 10.6 Å². The van der Waals surface area contributed by atoms with Crippen LogP contribution in [0, 0.1) is 5.92 Å². The zero-order chi connectivity index (χ0) is 20.7. The summed E-state index contributed by atoms with van der Waals surface area (Å²) in [5, 5.41) is 14.3. The number of hydrogen-bond acceptors (Lipinski definition) is 3. The van der Waals surface area contributed by atoms with E-state index in [1.807, 2.05) is 0 Å². The van der Waals surface area contributed by atoms with E-state index >= 15 is 0 Å². The molecule has 1 aliphatic heterocycles. The Bertz CT molecular complexity index is 924. The van der Waals surface area contributed by atoms with Gasteiger partial charge in [-0.15, -0.1) is 0 Å². The molecule has 2 aromatic carbocycles. The number of amides is 2. The highest BCUT2D eigenvalue weighted by Crippen LogP contribution is 2.44. The third kappa shape index (κ3) is 3.55. The highest BCUT2D eigenvalue weighted by Gasteiger charge is 2.66. The maximum Gasteiger partial charge on any atom is 0.437 e. The third-order valence-corrected chi connectivity index (χ3v) is 5.19. The van der Waals surface area contributed by atoms with Crippen molar-refractivity contribution in [2.75, 3.05) is 0 Å². The van der Waals surface area contributed by atoms with Gasteiger partial charge in [-0.1, -0.05) is 59.6 Å². The number of Topliss-reactive ketones (excluding diaryl/α,β-unsaturated/α-hetero) is 1. The number of alkyl halides is 3. The van der Waals surface area contributed by atoms with Crippen molar-refractivity contribution < 1.29 is 27.9 Å². The Morgan fingerprint density at radius 1 is 1.07 bits per heavy atom. The molecule has 5 nitrogen and oxygen atoms in total. The predicted molar refractivity (Wildman–Crippen MR) is 96.1 cm³/mol. The average Bonchev–Trinajstić information content (AvgIpc) is 2.63. The lowest BCUT2D eigenvalue weighted by atomic mass is 9.77. The molecule has 2 aromatic rings. The van der Waals surface area contributed by atoms with Gasteiger partial charge in [0.1, 0.15) is 5.92 Å². The molecule has 0 radical (unpaired) electrons. The number of urea groups is 1. The van der Waals surface area contributed by atoms with Crippen LogP contribution in [-0.2, 0) is 0 Å². The Balaban J connectivity index is 2.18. The van der Waals surface area contributed by atoms with E-state index in [9.17, 15) is 27.9 Å². The lowest BCUT2D eigenvalue weighted by Gasteiger charge is -2.45. The van der Waals surface area contributed by atoms with Gasteiger partial charge in [-0.05, 0) is 17.7 Å². The van der Waals surface area contributed by atoms with Crippen LogP contribution in [0.2, 0.25) is 10.0 Å². The first kappa shape index (κ1) is 20.4. The lowest BCUT2D eigenvalue weighted by molar-refractivity contribution is -0.287. The number of ketones is 1. The maximum absolute atomic E-state index is 13.8. The summed E-state index contributed by atoms with van der Waals surface area (Å²) in [6.07, 6.45) is -5.33. The number of hydrogen-bond donors (Lipinski definition) is 3. The van der Waals surface area contributed by atoms with Crippen LogP contribution in [0.1, 0.15) is 22.0 Å². The van der Waals surface area contributed by atoms with E-state index in [1.165, 1.54) is 47.8 Å². The summed E-state index contributed by atoms with van der Waals surface area (Å²) in [4.78, 5) is 24.9. The molecule has 0 spiro atoms. The smallest absolute Gasteiger partial charge is 0.363 e. The largest absolute Gasteiger partial charge is 0.437 e. The number of carbonyl (C=O) groups excluding carboxylic acids is 2. The molecule has 1 saturated heterocycles. The molecule has 0 aliphatic carbocycles. The lowest BCUT2D eigenvalue weighted by Crippen LogP contribution is -2.72. The fourth-order valence-electron chi connectivity index (χ4n) is 3.10. The summed E-state index contributed by atoms with van der Waals surface area (Å²) in [6.45, 7) is 0. The van der Waals surface area contributed by atoms with Crippen molar-refractivity contribution in [3.8, 4) is 0 Å². The molecule has 0 saturated carbocycles. The summed E-state index contributed by atoms with van der Waals surface area (Å²) in [5.41, 5.74) is -3.77. The summed E-state index contributed by atoms with van der Waals surface area (Å²) >= 11 is 11.8. The van der Waals surface area contributed by atoms with Crippen molar-refractivity contribution in [3.63, 3.8) is 0 Å². The fraction of sp³-hybridized carbons (Fsp3) is 0.222. The zero-order valence-corrected chi connectivity index (χ0v) is 15.4. The van der Waals surface area contributed by atoms with Gasteiger partial charge < -0.3 is 15.7 Å². The molecule has 0 bridgehead atoms. The maximum atomic E-state index is 13.8. The highest BCUT2D eigenvalue weighted by atomic mass is 35.5. The minimum Gasteiger partial charge on any atom is -0.363 e. The van der Waals surface area contributed by atoms with Crippen LogP contribution in [0.3, 0.4) is 0 Å². The molecule has 0 unspecified atom stereocenters. The van der Waals surface area contributed by atoms with Crippen LogP contribution >= 0.6 is 23.2 Å². The minimum absolute atomic E-state index is 0.0217. The molecular weight excluding hydrogens is 420 g/mol. The van der Waals surface area contributed by atoms with Gasteiger partial charge in [0.2, 0.25) is 5.72 Å². The topological polar surface area (TPSA) is 78.4 Å². The molecule has 2 amide bonds. The normalized spacial score (nSPS) is 25.0. The van der Waals surface area contributed by atoms with Gasteiger partial charge in [0.25, 0.3) is 0 Å². The van der Waals surface area contributed by atoms with E-state index < -0.39 is 35.7 Å². The van der Waals surface area contributed by atoms with E-state index in [4.69, 9.17) is 23.2 Å².